The van der Waals surface area contributed by atoms with Crippen LogP contribution in [-0.4, -0.2) is 20.3 Å². The van der Waals surface area contributed by atoms with Gasteiger partial charge in [-0.05, 0) is 23.8 Å². The maximum atomic E-state index is 12.7. The zero-order valence-corrected chi connectivity index (χ0v) is 10.0. The van der Waals surface area contributed by atoms with Crippen LogP contribution in [0.15, 0.2) is 18.2 Å². The summed E-state index contributed by atoms with van der Waals surface area (Å²) in [6, 6.07) is 3.56. The molecule has 0 unspecified atom stereocenters. The molecule has 1 N–H and O–H groups in total. The van der Waals surface area contributed by atoms with Gasteiger partial charge < -0.3 is 10.1 Å². The molecule has 1 aromatic carbocycles. The second-order valence-electron chi connectivity index (χ2n) is 3.47. The van der Waals surface area contributed by atoms with Gasteiger partial charge in [-0.3, -0.25) is 0 Å². The molecule has 6 heteroatoms. The molecule has 0 aliphatic rings. The molecule has 0 aliphatic heterocycles. The first kappa shape index (κ1) is 14.3. The van der Waals surface area contributed by atoms with Crippen LogP contribution in [0.5, 0.6) is 0 Å². The normalized spacial score (nSPS) is 11.8. The van der Waals surface area contributed by atoms with Crippen LogP contribution < -0.4 is 5.32 Å². The number of hydrogen-bond acceptors (Lipinski definition) is 2. The zero-order valence-electron chi connectivity index (χ0n) is 9.27. The first-order chi connectivity index (χ1) is 7.95. The molecule has 2 nitrogen and oxygen atoms in total. The van der Waals surface area contributed by atoms with E-state index in [-0.39, 0.29) is 12.1 Å². The van der Waals surface area contributed by atoms with Gasteiger partial charge in [0.15, 0.2) is 0 Å². The van der Waals surface area contributed by atoms with Crippen molar-refractivity contribution in [3.8, 4) is 0 Å². The zero-order chi connectivity index (χ0) is 12.9. The SMILES string of the molecule is COCCNCc1cc(Cl)ccc1C(F)(F)F. The van der Waals surface area contributed by atoms with Gasteiger partial charge in [0.1, 0.15) is 0 Å². The fraction of sp³-hybridized carbons (Fsp3) is 0.455. The monoisotopic (exact) mass is 267 g/mol. The number of methoxy groups -OCH3 is 1. The Balaban J connectivity index is 2.77. The minimum atomic E-state index is -4.36. The lowest BCUT2D eigenvalue weighted by molar-refractivity contribution is -0.138. The summed E-state index contributed by atoms with van der Waals surface area (Å²) < 4.78 is 42.8. The molecule has 0 saturated heterocycles. The Morgan fingerprint density at radius 1 is 1.35 bits per heavy atom. The van der Waals surface area contributed by atoms with Crippen LogP contribution in [-0.2, 0) is 17.5 Å². The molecular weight excluding hydrogens is 255 g/mol. The van der Waals surface area contributed by atoms with Gasteiger partial charge in [0.25, 0.3) is 0 Å². The fourth-order valence-corrected chi connectivity index (χ4v) is 1.58. The Morgan fingerprint density at radius 3 is 2.65 bits per heavy atom. The molecule has 1 rings (SSSR count). The summed E-state index contributed by atoms with van der Waals surface area (Å²) >= 11 is 5.69. The lowest BCUT2D eigenvalue weighted by atomic mass is 10.1. The number of ether oxygens (including phenoxy) is 1. The van der Waals surface area contributed by atoms with E-state index in [0.717, 1.165) is 6.07 Å². The number of halogens is 4. The van der Waals surface area contributed by atoms with E-state index in [9.17, 15) is 13.2 Å². The molecule has 0 atom stereocenters. The molecule has 0 bridgehead atoms. The van der Waals surface area contributed by atoms with Gasteiger partial charge in [-0.2, -0.15) is 13.2 Å². The van der Waals surface area contributed by atoms with Crippen LogP contribution in [0.25, 0.3) is 0 Å². The van der Waals surface area contributed by atoms with E-state index in [1.54, 1.807) is 0 Å². The second-order valence-corrected chi connectivity index (χ2v) is 3.91. The number of hydrogen-bond donors (Lipinski definition) is 1. The third-order valence-corrected chi connectivity index (χ3v) is 2.41. The van der Waals surface area contributed by atoms with Gasteiger partial charge in [0, 0.05) is 25.2 Å². The average Bonchev–Trinajstić information content (AvgIpc) is 2.23. The van der Waals surface area contributed by atoms with Crippen LogP contribution in [0.1, 0.15) is 11.1 Å². The molecule has 0 aliphatic carbocycles. The minimum absolute atomic E-state index is 0.110. The van der Waals surface area contributed by atoms with Crippen LogP contribution in [0.4, 0.5) is 13.2 Å². The van der Waals surface area contributed by atoms with Gasteiger partial charge in [-0.15, -0.1) is 0 Å². The third kappa shape index (κ3) is 4.53. The molecule has 1 aromatic rings. The molecule has 0 saturated carbocycles. The largest absolute Gasteiger partial charge is 0.416 e. The van der Waals surface area contributed by atoms with E-state index in [4.69, 9.17) is 16.3 Å². The molecule has 0 spiro atoms. The van der Waals surface area contributed by atoms with Gasteiger partial charge in [0.2, 0.25) is 0 Å². The molecule has 0 amide bonds. The summed E-state index contributed by atoms with van der Waals surface area (Å²) in [7, 11) is 1.53. The van der Waals surface area contributed by atoms with Crippen molar-refractivity contribution in [2.45, 2.75) is 12.7 Å². The lowest BCUT2D eigenvalue weighted by Crippen LogP contribution is -2.21. The van der Waals surface area contributed by atoms with Crippen molar-refractivity contribution in [3.05, 3.63) is 34.3 Å². The molecule has 96 valence electrons. The van der Waals surface area contributed by atoms with E-state index < -0.39 is 11.7 Å². The van der Waals surface area contributed by atoms with Gasteiger partial charge in [-0.25, -0.2) is 0 Å². The Bertz CT molecular complexity index is 368. The van der Waals surface area contributed by atoms with Crippen LogP contribution >= 0.6 is 11.6 Å². The Morgan fingerprint density at radius 2 is 2.06 bits per heavy atom. The number of rotatable bonds is 5. The number of benzene rings is 1. The Labute approximate surface area is 103 Å². The highest BCUT2D eigenvalue weighted by Gasteiger charge is 2.32. The van der Waals surface area contributed by atoms with E-state index in [0.29, 0.717) is 18.2 Å². The van der Waals surface area contributed by atoms with Crippen molar-refractivity contribution < 1.29 is 17.9 Å². The number of alkyl halides is 3. The van der Waals surface area contributed by atoms with Crippen LogP contribution in [0.3, 0.4) is 0 Å². The van der Waals surface area contributed by atoms with Gasteiger partial charge in [0.05, 0.1) is 12.2 Å². The minimum Gasteiger partial charge on any atom is -0.383 e. The molecule has 0 aromatic heterocycles. The highest BCUT2D eigenvalue weighted by atomic mass is 35.5. The van der Waals surface area contributed by atoms with Crippen molar-refractivity contribution in [1.82, 2.24) is 5.32 Å². The van der Waals surface area contributed by atoms with Crippen LogP contribution in [0.2, 0.25) is 5.02 Å². The predicted octanol–water partition coefficient (Wildman–Crippen LogP) is 3.09. The van der Waals surface area contributed by atoms with Gasteiger partial charge in [-0.1, -0.05) is 11.6 Å². The van der Waals surface area contributed by atoms with Crippen LogP contribution in [0, 0.1) is 0 Å². The lowest BCUT2D eigenvalue weighted by Gasteiger charge is -2.13. The third-order valence-electron chi connectivity index (χ3n) is 2.17. The second kappa shape index (κ2) is 6.23. The molecule has 0 heterocycles. The maximum Gasteiger partial charge on any atom is 0.416 e. The first-order valence-corrected chi connectivity index (χ1v) is 5.38. The van der Waals surface area contributed by atoms with Gasteiger partial charge >= 0.3 is 6.18 Å². The summed E-state index contributed by atoms with van der Waals surface area (Å²) in [6.45, 7) is 1.04. The Hall–Kier alpha value is -0.780. The highest BCUT2D eigenvalue weighted by molar-refractivity contribution is 6.30. The van der Waals surface area contributed by atoms with Crippen molar-refractivity contribution in [2.75, 3.05) is 20.3 Å². The van der Waals surface area contributed by atoms with Crippen molar-refractivity contribution >= 4 is 11.6 Å². The summed E-state index contributed by atoms with van der Waals surface area (Å²) in [5.41, 5.74) is -0.520. The molecule has 0 fully saturated rings. The van der Waals surface area contributed by atoms with Crippen molar-refractivity contribution in [2.24, 2.45) is 0 Å². The summed E-state index contributed by atoms with van der Waals surface area (Å²) in [5.74, 6) is 0. The van der Waals surface area contributed by atoms with Crippen molar-refractivity contribution in [3.63, 3.8) is 0 Å². The molecule has 17 heavy (non-hydrogen) atoms. The molecular formula is C11H13ClF3NO. The quantitative estimate of drug-likeness (QED) is 0.828. The average molecular weight is 268 g/mol. The smallest absolute Gasteiger partial charge is 0.383 e. The fourth-order valence-electron chi connectivity index (χ4n) is 1.38. The Kier molecular flexibility index (Phi) is 5.24. The summed E-state index contributed by atoms with van der Waals surface area (Å²) in [6.07, 6.45) is -4.36. The maximum absolute atomic E-state index is 12.7. The van der Waals surface area contributed by atoms with E-state index in [1.807, 2.05) is 0 Å². The predicted molar refractivity (Wildman–Crippen MR) is 60.0 cm³/mol. The van der Waals surface area contributed by atoms with E-state index >= 15 is 0 Å². The summed E-state index contributed by atoms with van der Waals surface area (Å²) in [4.78, 5) is 0. The highest BCUT2D eigenvalue weighted by Crippen LogP contribution is 2.33. The summed E-state index contributed by atoms with van der Waals surface area (Å²) in [5, 5.41) is 3.15. The standard InChI is InChI=1S/C11H13ClF3NO/c1-17-5-4-16-7-8-6-9(12)2-3-10(8)11(13,14)15/h2-3,6,16H,4-5,7H2,1H3. The van der Waals surface area contributed by atoms with E-state index in [1.165, 1.54) is 19.2 Å². The molecule has 0 radical (unpaired) electrons. The number of nitrogens with one attached hydrogen (secondary N) is 1. The topological polar surface area (TPSA) is 21.3 Å². The van der Waals surface area contributed by atoms with E-state index in [2.05, 4.69) is 5.32 Å². The first-order valence-electron chi connectivity index (χ1n) is 5.00. The van der Waals surface area contributed by atoms with Crippen molar-refractivity contribution in [1.29, 1.82) is 0 Å².